The predicted octanol–water partition coefficient (Wildman–Crippen LogP) is 4.28. The molecule has 1 fully saturated rings. The number of amides is 1. The van der Waals surface area contributed by atoms with Crippen molar-refractivity contribution in [3.05, 3.63) is 82.6 Å². The molecule has 216 valence electrons. The van der Waals surface area contributed by atoms with Crippen LogP contribution < -0.4 is 26.6 Å². The Bertz CT molecular complexity index is 1780. The smallest absolute Gasteiger partial charge is 0.354 e. The molecule has 3 N–H and O–H groups in total. The van der Waals surface area contributed by atoms with Gasteiger partial charge in [-0.3, -0.25) is 20.2 Å². The number of fused-ring (bicyclic) bond motifs is 4. The van der Waals surface area contributed by atoms with Gasteiger partial charge in [-0.2, -0.15) is 4.98 Å². The lowest BCUT2D eigenvalue weighted by Crippen LogP contribution is -2.54. The minimum atomic E-state index is -0.394. The van der Waals surface area contributed by atoms with E-state index >= 15 is 0 Å². The van der Waals surface area contributed by atoms with E-state index in [9.17, 15) is 9.59 Å². The van der Waals surface area contributed by atoms with Gasteiger partial charge < -0.3 is 20.0 Å². The lowest BCUT2D eigenvalue weighted by Gasteiger charge is -2.40. The van der Waals surface area contributed by atoms with Gasteiger partial charge in [0.1, 0.15) is 18.2 Å². The molecule has 4 heterocycles. The van der Waals surface area contributed by atoms with Gasteiger partial charge in [0.05, 0.1) is 22.6 Å². The molecule has 10 heteroatoms. The molecule has 0 spiro atoms. The fraction of sp³-hybridized carbons (Fsp3) is 0.312. The molecule has 10 nitrogen and oxygen atoms in total. The van der Waals surface area contributed by atoms with Crippen molar-refractivity contribution in [2.75, 3.05) is 30.0 Å². The fourth-order valence-corrected chi connectivity index (χ4v) is 6.19. The van der Waals surface area contributed by atoms with Crippen LogP contribution in [0.1, 0.15) is 43.5 Å². The van der Waals surface area contributed by atoms with E-state index < -0.39 is 5.69 Å². The topological polar surface area (TPSA) is 119 Å². The normalized spacial score (nSPS) is 16.2. The Labute approximate surface area is 244 Å². The Hall–Kier alpha value is -4.70. The summed E-state index contributed by atoms with van der Waals surface area (Å²) >= 11 is 0. The summed E-state index contributed by atoms with van der Waals surface area (Å²) < 4.78 is 7.96. The molecule has 0 saturated carbocycles. The van der Waals surface area contributed by atoms with E-state index in [1.165, 1.54) is 6.08 Å². The van der Waals surface area contributed by atoms with Crippen LogP contribution in [-0.4, -0.2) is 51.0 Å². The quantitative estimate of drug-likeness (QED) is 0.209. The Morgan fingerprint density at radius 2 is 2.05 bits per heavy atom. The third-order valence-electron chi connectivity index (χ3n) is 8.24. The molecule has 0 aliphatic carbocycles. The van der Waals surface area contributed by atoms with Crippen molar-refractivity contribution in [3.8, 4) is 22.6 Å². The molecule has 2 aliphatic heterocycles. The van der Waals surface area contributed by atoms with Gasteiger partial charge in [0.25, 0.3) is 0 Å². The average molecular weight is 566 g/mol. The third kappa shape index (κ3) is 4.39. The number of nitrogens with zero attached hydrogens (tertiary/aromatic N) is 5. The summed E-state index contributed by atoms with van der Waals surface area (Å²) in [5.74, 6) is 7.16. The van der Waals surface area contributed by atoms with Crippen molar-refractivity contribution in [1.29, 1.82) is 0 Å². The summed E-state index contributed by atoms with van der Waals surface area (Å²) in [5.41, 5.74) is 9.16. The van der Waals surface area contributed by atoms with E-state index in [0.717, 1.165) is 44.7 Å². The minimum Gasteiger partial charge on any atom is -0.488 e. The molecule has 0 unspecified atom stereocenters. The zero-order valence-corrected chi connectivity index (χ0v) is 24.3. The van der Waals surface area contributed by atoms with Crippen LogP contribution in [0, 0.1) is 6.92 Å². The molecule has 42 heavy (non-hydrogen) atoms. The molecule has 6 rings (SSSR count). The highest BCUT2D eigenvalue weighted by Gasteiger charge is 2.31. The zero-order chi connectivity index (χ0) is 29.7. The van der Waals surface area contributed by atoms with E-state index in [1.54, 1.807) is 15.7 Å². The number of hydrogen-bond acceptors (Lipinski definition) is 8. The maximum Gasteiger partial charge on any atom is 0.354 e. The minimum absolute atomic E-state index is 0.0757. The van der Waals surface area contributed by atoms with Crippen molar-refractivity contribution >= 4 is 28.3 Å². The number of nitrogens with two attached hydrogens (primary N) is 1. The second kappa shape index (κ2) is 10.6. The Morgan fingerprint density at radius 1 is 1.24 bits per heavy atom. The first-order chi connectivity index (χ1) is 20.2. The summed E-state index contributed by atoms with van der Waals surface area (Å²) in [4.78, 5) is 39.7. The number of benzene rings is 2. The van der Waals surface area contributed by atoms with Crippen LogP contribution in [0.4, 0.5) is 11.5 Å². The molecule has 1 saturated heterocycles. The number of pyridine rings is 1. The predicted molar refractivity (Wildman–Crippen MR) is 165 cm³/mol. The molecule has 4 aromatic rings. The Morgan fingerprint density at radius 3 is 2.76 bits per heavy atom. The van der Waals surface area contributed by atoms with Crippen molar-refractivity contribution in [2.24, 2.45) is 5.84 Å². The summed E-state index contributed by atoms with van der Waals surface area (Å²) in [6, 6.07) is 11.7. The Kier molecular flexibility index (Phi) is 6.94. The number of anilines is 2. The molecular formula is C32H35N7O3. The van der Waals surface area contributed by atoms with Gasteiger partial charge in [0.2, 0.25) is 5.91 Å². The van der Waals surface area contributed by atoms with Crippen LogP contribution in [0.5, 0.6) is 5.75 Å². The molecule has 2 aliphatic rings. The van der Waals surface area contributed by atoms with Crippen LogP contribution in [0.2, 0.25) is 0 Å². The van der Waals surface area contributed by atoms with Crippen LogP contribution in [0.3, 0.4) is 0 Å². The molecule has 0 bridgehead atoms. The van der Waals surface area contributed by atoms with Crippen LogP contribution in [0.25, 0.3) is 27.7 Å². The number of nitrogens with one attached hydrogen (secondary N) is 1. The number of hydrogen-bond donors (Lipinski definition) is 2. The highest BCUT2D eigenvalue weighted by molar-refractivity contribution is 5.99. The number of nitrogen functional groups attached to an aromatic ring is 1. The second-order valence-electron chi connectivity index (χ2n) is 11.2. The number of hydrazine groups is 1. The van der Waals surface area contributed by atoms with Gasteiger partial charge >= 0.3 is 5.69 Å². The number of carbonyl (C=O) groups excluding carboxylic acids is 1. The van der Waals surface area contributed by atoms with Crippen molar-refractivity contribution < 1.29 is 9.53 Å². The monoisotopic (exact) mass is 565 g/mol. The first-order valence-corrected chi connectivity index (χ1v) is 14.2. The average Bonchev–Trinajstić information content (AvgIpc) is 2.99. The molecular weight excluding hydrogens is 530 g/mol. The van der Waals surface area contributed by atoms with Gasteiger partial charge in [-0.05, 0) is 61.2 Å². The number of aromatic nitrogens is 3. The van der Waals surface area contributed by atoms with E-state index in [1.807, 2.05) is 50.2 Å². The van der Waals surface area contributed by atoms with Crippen molar-refractivity contribution in [2.45, 2.75) is 46.3 Å². The third-order valence-corrected chi connectivity index (χ3v) is 8.24. The van der Waals surface area contributed by atoms with Gasteiger partial charge in [-0.25, -0.2) is 4.79 Å². The second-order valence-corrected chi connectivity index (χ2v) is 11.2. The number of piperazine rings is 1. The highest BCUT2D eigenvalue weighted by atomic mass is 16.5. The van der Waals surface area contributed by atoms with Crippen LogP contribution in [-0.2, 0) is 11.4 Å². The van der Waals surface area contributed by atoms with Crippen LogP contribution >= 0.6 is 0 Å². The molecule has 0 radical (unpaired) electrons. The number of rotatable bonds is 5. The number of ether oxygens (including phenoxy) is 1. The highest BCUT2D eigenvalue weighted by Crippen LogP contribution is 2.45. The van der Waals surface area contributed by atoms with Gasteiger partial charge in [0.15, 0.2) is 0 Å². The van der Waals surface area contributed by atoms with E-state index in [0.29, 0.717) is 43.3 Å². The molecule has 1 atom stereocenters. The first-order valence-electron chi connectivity index (χ1n) is 14.2. The summed E-state index contributed by atoms with van der Waals surface area (Å²) in [6.07, 6.45) is 3.12. The van der Waals surface area contributed by atoms with Crippen LogP contribution in [0.15, 0.2) is 60.0 Å². The summed E-state index contributed by atoms with van der Waals surface area (Å²) in [6.45, 7) is 13.7. The zero-order valence-electron chi connectivity index (χ0n) is 24.3. The van der Waals surface area contributed by atoms with E-state index in [-0.39, 0.29) is 17.9 Å². The lowest BCUT2D eigenvalue weighted by atomic mass is 9.93. The molecule has 2 aromatic heterocycles. The first kappa shape index (κ1) is 27.5. The number of aryl methyl sites for hydroxylation is 1. The maximum atomic E-state index is 14.1. The van der Waals surface area contributed by atoms with Gasteiger partial charge in [-0.15, -0.1) is 0 Å². The summed E-state index contributed by atoms with van der Waals surface area (Å²) in [7, 11) is 0. The molecule has 2 aromatic carbocycles. The molecule has 1 amide bonds. The maximum absolute atomic E-state index is 14.1. The SMILES string of the molecule is C=CC(=O)N1CCN(c2nc(=O)n(-c3c(C)ccnc3C(C)C)c3cc4c(cc23)OCc2cccc(NN)c2-4)[C@@H](C)C1. The lowest BCUT2D eigenvalue weighted by molar-refractivity contribution is -0.126. The van der Waals surface area contributed by atoms with Gasteiger partial charge in [-0.1, -0.05) is 32.6 Å². The standard InChI is InChI=1S/C32H35N7O3/c1-6-27(40)37-12-13-38(20(5)16-37)31-22-15-26-23(28-21(17-42-26)8-7-9-24(28)36-33)14-25(22)39(32(41)35-31)30-19(4)10-11-34-29(30)18(2)3/h6-11,14-15,18,20,36H,1,12-13,16-17,33H2,2-5H3/t20-/m0/s1. The van der Waals surface area contributed by atoms with Crippen molar-refractivity contribution in [1.82, 2.24) is 19.4 Å². The van der Waals surface area contributed by atoms with E-state index in [4.69, 9.17) is 15.6 Å². The largest absolute Gasteiger partial charge is 0.488 e. The van der Waals surface area contributed by atoms with Crippen molar-refractivity contribution in [3.63, 3.8) is 0 Å². The summed E-state index contributed by atoms with van der Waals surface area (Å²) in [5, 5.41) is 0.781. The van der Waals surface area contributed by atoms with Gasteiger partial charge in [0, 0.05) is 48.4 Å². The fourth-order valence-electron chi connectivity index (χ4n) is 6.19. The Balaban J connectivity index is 1.65. The van der Waals surface area contributed by atoms with E-state index in [2.05, 4.69) is 35.7 Å². The number of carbonyl (C=O) groups is 1.